The topological polar surface area (TPSA) is 110 Å². The van der Waals surface area contributed by atoms with E-state index in [-0.39, 0.29) is 17.9 Å². The van der Waals surface area contributed by atoms with Crippen molar-refractivity contribution in [1.29, 1.82) is 0 Å². The summed E-state index contributed by atoms with van der Waals surface area (Å²) in [4.78, 5) is 35.0. The Hall–Kier alpha value is -3.35. The summed E-state index contributed by atoms with van der Waals surface area (Å²) < 4.78 is 0. The van der Waals surface area contributed by atoms with Crippen LogP contribution in [-0.4, -0.2) is 23.8 Å². The van der Waals surface area contributed by atoms with Crippen LogP contribution in [0.4, 0.5) is 17.1 Å². The molecule has 0 bridgehead atoms. The molecule has 1 heterocycles. The Balaban J connectivity index is 1.66. The molecule has 3 N–H and O–H groups in total. The number of hydrogen-bond acceptors (Lipinski definition) is 5. The zero-order valence-corrected chi connectivity index (χ0v) is 12.5. The quantitative estimate of drug-likeness (QED) is 0.771. The van der Waals surface area contributed by atoms with E-state index in [2.05, 4.69) is 16.0 Å². The van der Waals surface area contributed by atoms with Crippen LogP contribution in [0.25, 0.3) is 0 Å². The number of carbonyl (C=O) groups excluding carboxylic acids is 3. The third-order valence-corrected chi connectivity index (χ3v) is 3.60. The first-order chi connectivity index (χ1) is 11.5. The summed E-state index contributed by atoms with van der Waals surface area (Å²) in [5.74, 6) is -2.03. The van der Waals surface area contributed by atoms with Crippen molar-refractivity contribution < 1.29 is 19.5 Å². The van der Waals surface area contributed by atoms with Crippen LogP contribution < -0.4 is 21.1 Å². The number of anilines is 3. The summed E-state index contributed by atoms with van der Waals surface area (Å²) in [6.45, 7) is 0. The van der Waals surface area contributed by atoms with Crippen molar-refractivity contribution in [3.8, 4) is 0 Å². The van der Waals surface area contributed by atoms with E-state index in [1.54, 1.807) is 18.2 Å². The van der Waals surface area contributed by atoms with E-state index >= 15 is 0 Å². The van der Waals surface area contributed by atoms with Gasteiger partial charge in [0.15, 0.2) is 0 Å². The van der Waals surface area contributed by atoms with Crippen LogP contribution in [0.1, 0.15) is 16.8 Å². The molecule has 0 saturated heterocycles. The van der Waals surface area contributed by atoms with E-state index in [9.17, 15) is 19.5 Å². The lowest BCUT2D eigenvalue weighted by molar-refractivity contribution is -0.255. The average Bonchev–Trinajstić information content (AvgIpc) is 2.55. The fourth-order valence-electron chi connectivity index (χ4n) is 2.46. The van der Waals surface area contributed by atoms with Gasteiger partial charge in [-0.05, 0) is 29.8 Å². The molecule has 2 aromatic rings. The lowest BCUT2D eigenvalue weighted by Crippen LogP contribution is -2.41. The van der Waals surface area contributed by atoms with E-state index in [0.717, 1.165) is 5.69 Å². The number of benzene rings is 2. The molecule has 0 spiro atoms. The monoisotopic (exact) mass is 324 g/mol. The second-order valence-corrected chi connectivity index (χ2v) is 5.35. The zero-order chi connectivity index (χ0) is 17.1. The molecule has 0 fully saturated rings. The molecule has 7 heteroatoms. The molecular formula is C17H14N3O4-. The van der Waals surface area contributed by atoms with Gasteiger partial charge < -0.3 is 25.9 Å². The third-order valence-electron chi connectivity index (χ3n) is 3.60. The molecule has 0 aromatic heterocycles. The standard InChI is InChI=1S/C17H15N3O4/c21-15(18-11-5-3-4-10(8-11)17(23)24)9-14-16(22)20-13-7-2-1-6-12(13)19-14/h1-8,14,19H,9H2,(H,18,21)(H,20,22)(H,23,24)/p-1. The number of para-hydroxylation sites is 2. The van der Waals surface area contributed by atoms with E-state index in [1.165, 1.54) is 18.2 Å². The molecule has 24 heavy (non-hydrogen) atoms. The van der Waals surface area contributed by atoms with Gasteiger partial charge in [-0.2, -0.15) is 0 Å². The highest BCUT2D eigenvalue weighted by molar-refractivity contribution is 6.06. The molecule has 3 rings (SSSR count). The number of fused-ring (bicyclic) bond motifs is 1. The van der Waals surface area contributed by atoms with Gasteiger partial charge in [-0.3, -0.25) is 9.59 Å². The molecule has 1 aliphatic heterocycles. The number of carboxylic acid groups (broad SMARTS) is 1. The Kier molecular flexibility index (Phi) is 4.15. The predicted octanol–water partition coefficient (Wildman–Crippen LogP) is 0.811. The number of hydrogen-bond donors (Lipinski definition) is 3. The summed E-state index contributed by atoms with van der Waals surface area (Å²) in [7, 11) is 0. The zero-order valence-electron chi connectivity index (χ0n) is 12.5. The maximum absolute atomic E-state index is 12.1. The van der Waals surface area contributed by atoms with Crippen molar-refractivity contribution in [2.24, 2.45) is 0 Å². The molecule has 1 unspecified atom stereocenters. The molecule has 1 atom stereocenters. The minimum atomic E-state index is -1.32. The summed E-state index contributed by atoms with van der Waals surface area (Å²) in [5.41, 5.74) is 1.71. The Labute approximate surface area is 137 Å². The van der Waals surface area contributed by atoms with E-state index < -0.39 is 17.9 Å². The Bertz CT molecular complexity index is 819. The van der Waals surface area contributed by atoms with E-state index in [4.69, 9.17) is 0 Å². The second-order valence-electron chi connectivity index (χ2n) is 5.35. The highest BCUT2D eigenvalue weighted by Gasteiger charge is 2.27. The molecule has 122 valence electrons. The molecule has 2 aromatic carbocycles. The van der Waals surface area contributed by atoms with Gasteiger partial charge in [-0.15, -0.1) is 0 Å². The minimum absolute atomic E-state index is 0.0322. The smallest absolute Gasteiger partial charge is 0.247 e. The van der Waals surface area contributed by atoms with Crippen LogP contribution in [-0.2, 0) is 9.59 Å². The summed E-state index contributed by atoms with van der Waals surface area (Å²) in [6.07, 6.45) is -0.0876. The first-order valence-electron chi connectivity index (χ1n) is 7.30. The number of amides is 2. The summed E-state index contributed by atoms with van der Waals surface area (Å²) in [5, 5.41) is 19.2. The summed E-state index contributed by atoms with van der Waals surface area (Å²) in [6, 6.07) is 12.2. The van der Waals surface area contributed by atoms with Crippen LogP contribution in [0, 0.1) is 0 Å². The molecule has 0 radical (unpaired) electrons. The average molecular weight is 324 g/mol. The SMILES string of the molecule is O=C(CC1Nc2ccccc2NC1=O)Nc1cccc(C(=O)[O-])c1. The van der Waals surface area contributed by atoms with Gasteiger partial charge in [0.05, 0.1) is 23.8 Å². The molecule has 7 nitrogen and oxygen atoms in total. The summed E-state index contributed by atoms with van der Waals surface area (Å²) >= 11 is 0. The Morgan fingerprint density at radius 1 is 1.08 bits per heavy atom. The van der Waals surface area contributed by atoms with Crippen LogP contribution in [0.5, 0.6) is 0 Å². The van der Waals surface area contributed by atoms with Crippen molar-refractivity contribution in [1.82, 2.24) is 0 Å². The van der Waals surface area contributed by atoms with Gasteiger partial charge in [-0.25, -0.2) is 0 Å². The highest BCUT2D eigenvalue weighted by Crippen LogP contribution is 2.26. The highest BCUT2D eigenvalue weighted by atomic mass is 16.4. The van der Waals surface area contributed by atoms with Crippen LogP contribution in [0.2, 0.25) is 0 Å². The molecule has 2 amide bonds. The van der Waals surface area contributed by atoms with Crippen molar-refractivity contribution in [2.75, 3.05) is 16.0 Å². The number of carboxylic acids is 1. The second kappa shape index (κ2) is 6.41. The number of carbonyl (C=O) groups is 3. The van der Waals surface area contributed by atoms with Gasteiger partial charge in [0.1, 0.15) is 6.04 Å². The molecule has 0 saturated carbocycles. The van der Waals surface area contributed by atoms with Crippen LogP contribution in [0.15, 0.2) is 48.5 Å². The van der Waals surface area contributed by atoms with Crippen molar-refractivity contribution >= 4 is 34.8 Å². The Morgan fingerprint density at radius 3 is 2.58 bits per heavy atom. The van der Waals surface area contributed by atoms with Crippen molar-refractivity contribution in [3.05, 3.63) is 54.1 Å². The molecule has 0 aliphatic carbocycles. The third kappa shape index (κ3) is 3.35. The first-order valence-corrected chi connectivity index (χ1v) is 7.30. The van der Waals surface area contributed by atoms with Crippen molar-refractivity contribution in [2.45, 2.75) is 12.5 Å². The lowest BCUT2D eigenvalue weighted by atomic mass is 10.1. The maximum atomic E-state index is 12.1. The van der Waals surface area contributed by atoms with Crippen LogP contribution >= 0.6 is 0 Å². The van der Waals surface area contributed by atoms with Crippen LogP contribution in [0.3, 0.4) is 0 Å². The van der Waals surface area contributed by atoms with Gasteiger partial charge in [-0.1, -0.05) is 24.3 Å². The number of aromatic carboxylic acids is 1. The fourth-order valence-corrected chi connectivity index (χ4v) is 2.46. The predicted molar refractivity (Wildman–Crippen MR) is 86.5 cm³/mol. The first kappa shape index (κ1) is 15.5. The molecular weight excluding hydrogens is 310 g/mol. The van der Waals surface area contributed by atoms with Gasteiger partial charge in [0, 0.05) is 5.69 Å². The van der Waals surface area contributed by atoms with Gasteiger partial charge >= 0.3 is 0 Å². The fraction of sp³-hybridized carbons (Fsp3) is 0.118. The van der Waals surface area contributed by atoms with E-state index in [0.29, 0.717) is 11.4 Å². The number of nitrogens with one attached hydrogen (secondary N) is 3. The molecule has 1 aliphatic rings. The van der Waals surface area contributed by atoms with E-state index in [1.807, 2.05) is 12.1 Å². The van der Waals surface area contributed by atoms with Gasteiger partial charge in [0.2, 0.25) is 11.8 Å². The van der Waals surface area contributed by atoms with Gasteiger partial charge in [0.25, 0.3) is 0 Å². The Morgan fingerprint density at radius 2 is 1.83 bits per heavy atom. The largest absolute Gasteiger partial charge is 0.545 e. The lowest BCUT2D eigenvalue weighted by Gasteiger charge is -2.26. The van der Waals surface area contributed by atoms with Crippen molar-refractivity contribution in [3.63, 3.8) is 0 Å². The normalized spacial score (nSPS) is 15.7. The number of rotatable bonds is 4. The maximum Gasteiger partial charge on any atom is 0.247 e. The minimum Gasteiger partial charge on any atom is -0.545 e.